The van der Waals surface area contributed by atoms with Gasteiger partial charge in [-0.25, -0.2) is 0 Å². The van der Waals surface area contributed by atoms with Crippen LogP contribution in [0.15, 0.2) is 48.9 Å². The minimum Gasteiger partial charge on any atom is -0.310 e. The van der Waals surface area contributed by atoms with Crippen molar-refractivity contribution >= 4 is 0 Å². The third-order valence-electron chi connectivity index (χ3n) is 2.87. The van der Waals surface area contributed by atoms with Gasteiger partial charge < -0.3 is 5.32 Å². The van der Waals surface area contributed by atoms with Crippen molar-refractivity contribution in [3.8, 4) is 0 Å². The van der Waals surface area contributed by atoms with Crippen molar-refractivity contribution in [2.45, 2.75) is 25.8 Å². The number of hydrogen-bond donors (Lipinski definition) is 1. The molecule has 0 aliphatic heterocycles. The summed E-state index contributed by atoms with van der Waals surface area (Å²) >= 11 is 0. The molecule has 0 saturated heterocycles. The van der Waals surface area contributed by atoms with E-state index in [2.05, 4.69) is 46.5 Å². The van der Waals surface area contributed by atoms with Crippen molar-refractivity contribution < 1.29 is 0 Å². The molecule has 1 aromatic heterocycles. The highest BCUT2D eigenvalue weighted by atomic mass is 14.9. The topological polar surface area (TPSA) is 37.8 Å². The molecule has 1 heterocycles. The van der Waals surface area contributed by atoms with Crippen LogP contribution >= 0.6 is 0 Å². The Labute approximate surface area is 108 Å². The van der Waals surface area contributed by atoms with Gasteiger partial charge >= 0.3 is 0 Å². The summed E-state index contributed by atoms with van der Waals surface area (Å²) in [5.41, 5.74) is 2.33. The summed E-state index contributed by atoms with van der Waals surface area (Å²) in [4.78, 5) is 8.47. The summed E-state index contributed by atoms with van der Waals surface area (Å²) in [6, 6.07) is 10.8. The fraction of sp³-hybridized carbons (Fsp3) is 0.333. The molecular weight excluding hydrogens is 222 g/mol. The van der Waals surface area contributed by atoms with Crippen molar-refractivity contribution in [2.75, 3.05) is 6.54 Å². The number of benzene rings is 1. The van der Waals surface area contributed by atoms with Crippen molar-refractivity contribution in [3.05, 3.63) is 60.2 Å². The van der Waals surface area contributed by atoms with Gasteiger partial charge in [0.05, 0.1) is 5.69 Å². The molecule has 1 atom stereocenters. The maximum absolute atomic E-state index is 4.35. The molecule has 0 aliphatic carbocycles. The second-order valence-electron chi connectivity index (χ2n) is 4.32. The van der Waals surface area contributed by atoms with Crippen LogP contribution in [-0.2, 0) is 6.42 Å². The first-order valence-electron chi connectivity index (χ1n) is 6.43. The monoisotopic (exact) mass is 241 g/mol. The molecule has 2 aromatic rings. The molecule has 3 nitrogen and oxygen atoms in total. The third kappa shape index (κ3) is 3.64. The molecule has 18 heavy (non-hydrogen) atoms. The van der Waals surface area contributed by atoms with E-state index in [0.29, 0.717) is 6.04 Å². The van der Waals surface area contributed by atoms with Crippen LogP contribution < -0.4 is 5.32 Å². The lowest BCUT2D eigenvalue weighted by molar-refractivity contribution is 0.523. The quantitative estimate of drug-likeness (QED) is 0.845. The molecule has 0 radical (unpaired) electrons. The highest BCUT2D eigenvalue weighted by Gasteiger charge is 2.11. The van der Waals surface area contributed by atoms with Crippen LogP contribution in [0.2, 0.25) is 0 Å². The first kappa shape index (κ1) is 12.7. The molecule has 0 spiro atoms. The maximum Gasteiger partial charge on any atom is 0.0605 e. The molecule has 0 aliphatic rings. The zero-order valence-electron chi connectivity index (χ0n) is 10.7. The molecule has 1 N–H and O–H groups in total. The maximum atomic E-state index is 4.35. The number of nitrogens with zero attached hydrogens (tertiary/aromatic N) is 2. The number of aromatic nitrogens is 2. The molecule has 0 bridgehead atoms. The van der Waals surface area contributed by atoms with E-state index in [1.54, 1.807) is 12.4 Å². The smallest absolute Gasteiger partial charge is 0.0605 e. The number of nitrogens with one attached hydrogen (secondary N) is 1. The van der Waals surface area contributed by atoms with E-state index in [4.69, 9.17) is 0 Å². The Morgan fingerprint density at radius 1 is 1.17 bits per heavy atom. The van der Waals surface area contributed by atoms with Crippen LogP contribution in [0.25, 0.3) is 0 Å². The van der Waals surface area contributed by atoms with Crippen molar-refractivity contribution in [3.63, 3.8) is 0 Å². The molecule has 3 heteroatoms. The largest absolute Gasteiger partial charge is 0.310 e. The Hall–Kier alpha value is -1.74. The van der Waals surface area contributed by atoms with E-state index >= 15 is 0 Å². The van der Waals surface area contributed by atoms with Gasteiger partial charge in [-0.05, 0) is 18.5 Å². The fourth-order valence-electron chi connectivity index (χ4n) is 1.96. The molecule has 1 aromatic carbocycles. The summed E-state index contributed by atoms with van der Waals surface area (Å²) in [6.07, 6.45) is 7.29. The van der Waals surface area contributed by atoms with Gasteiger partial charge in [0.25, 0.3) is 0 Å². The first-order chi connectivity index (χ1) is 8.90. The molecule has 0 saturated carbocycles. The van der Waals surface area contributed by atoms with E-state index in [1.165, 1.54) is 5.56 Å². The van der Waals surface area contributed by atoms with Crippen molar-refractivity contribution in [1.29, 1.82) is 0 Å². The summed E-state index contributed by atoms with van der Waals surface area (Å²) in [7, 11) is 0. The van der Waals surface area contributed by atoms with E-state index in [-0.39, 0.29) is 0 Å². The Balaban J connectivity index is 2.10. The zero-order chi connectivity index (χ0) is 12.6. The van der Waals surface area contributed by atoms with E-state index in [1.807, 2.05) is 12.3 Å². The molecular formula is C15H19N3. The predicted octanol–water partition coefficient (Wildman–Crippen LogP) is 2.76. The summed E-state index contributed by atoms with van der Waals surface area (Å²) in [5.74, 6) is 0. The van der Waals surface area contributed by atoms with Crippen LogP contribution in [0.3, 0.4) is 0 Å². The molecule has 0 fully saturated rings. The predicted molar refractivity (Wildman–Crippen MR) is 73.2 cm³/mol. The second kappa shape index (κ2) is 6.87. The number of hydrogen-bond acceptors (Lipinski definition) is 3. The van der Waals surface area contributed by atoms with Crippen LogP contribution in [0, 0.1) is 0 Å². The summed E-state index contributed by atoms with van der Waals surface area (Å²) in [6.45, 7) is 3.19. The van der Waals surface area contributed by atoms with Gasteiger partial charge in [0.2, 0.25) is 0 Å². The van der Waals surface area contributed by atoms with Gasteiger partial charge in [-0.3, -0.25) is 9.97 Å². The van der Waals surface area contributed by atoms with E-state index in [0.717, 1.165) is 25.1 Å². The number of rotatable bonds is 6. The van der Waals surface area contributed by atoms with Gasteiger partial charge in [0, 0.05) is 31.1 Å². The van der Waals surface area contributed by atoms with Crippen LogP contribution in [0.1, 0.15) is 30.6 Å². The first-order valence-corrected chi connectivity index (χ1v) is 6.43. The zero-order valence-corrected chi connectivity index (χ0v) is 10.7. The second-order valence-corrected chi connectivity index (χ2v) is 4.32. The normalized spacial score (nSPS) is 12.3. The van der Waals surface area contributed by atoms with E-state index < -0.39 is 0 Å². The molecule has 94 valence electrons. The highest BCUT2D eigenvalue weighted by molar-refractivity contribution is 5.20. The molecule has 0 amide bonds. The Morgan fingerprint density at radius 2 is 2.00 bits per heavy atom. The van der Waals surface area contributed by atoms with Crippen LogP contribution in [0.4, 0.5) is 0 Å². The SMILES string of the molecule is CCCNC(Cc1cnccn1)c1ccccc1. The van der Waals surface area contributed by atoms with E-state index in [9.17, 15) is 0 Å². The van der Waals surface area contributed by atoms with Gasteiger partial charge in [-0.15, -0.1) is 0 Å². The average molecular weight is 241 g/mol. The lowest BCUT2D eigenvalue weighted by atomic mass is 10.0. The minimum absolute atomic E-state index is 0.308. The van der Waals surface area contributed by atoms with Gasteiger partial charge in [0.1, 0.15) is 0 Å². The molecule has 2 rings (SSSR count). The average Bonchev–Trinajstić information content (AvgIpc) is 2.45. The van der Waals surface area contributed by atoms with Crippen LogP contribution in [0.5, 0.6) is 0 Å². The standard InChI is InChI=1S/C15H19N3/c1-2-8-18-15(13-6-4-3-5-7-13)11-14-12-16-9-10-17-14/h3-7,9-10,12,15,18H,2,8,11H2,1H3. The van der Waals surface area contributed by atoms with Gasteiger partial charge in [-0.1, -0.05) is 37.3 Å². The van der Waals surface area contributed by atoms with Gasteiger partial charge in [-0.2, -0.15) is 0 Å². The van der Waals surface area contributed by atoms with Gasteiger partial charge in [0.15, 0.2) is 0 Å². The minimum atomic E-state index is 0.308. The Kier molecular flexibility index (Phi) is 4.85. The van der Waals surface area contributed by atoms with Crippen LogP contribution in [-0.4, -0.2) is 16.5 Å². The third-order valence-corrected chi connectivity index (χ3v) is 2.87. The molecule has 1 unspecified atom stereocenters. The van der Waals surface area contributed by atoms with Crippen molar-refractivity contribution in [1.82, 2.24) is 15.3 Å². The lowest BCUT2D eigenvalue weighted by Crippen LogP contribution is -2.24. The Morgan fingerprint density at radius 3 is 2.67 bits per heavy atom. The Bertz CT molecular complexity index is 442. The highest BCUT2D eigenvalue weighted by Crippen LogP contribution is 2.16. The lowest BCUT2D eigenvalue weighted by Gasteiger charge is -2.18. The summed E-state index contributed by atoms with van der Waals surface area (Å²) < 4.78 is 0. The fourth-order valence-corrected chi connectivity index (χ4v) is 1.96. The van der Waals surface area contributed by atoms with Crippen molar-refractivity contribution in [2.24, 2.45) is 0 Å². The summed E-state index contributed by atoms with van der Waals surface area (Å²) in [5, 5.41) is 3.57.